The van der Waals surface area contributed by atoms with Crippen LogP contribution in [-0.4, -0.2) is 13.7 Å². The summed E-state index contributed by atoms with van der Waals surface area (Å²) >= 11 is 0. The first-order chi connectivity index (χ1) is 9.16. The van der Waals surface area contributed by atoms with Crippen molar-refractivity contribution < 1.29 is 9.13 Å². The Bertz CT molecular complexity index is 476. The maximum absolute atomic E-state index is 13.8. The van der Waals surface area contributed by atoms with Gasteiger partial charge >= 0.3 is 0 Å². The van der Waals surface area contributed by atoms with E-state index in [2.05, 4.69) is 0 Å². The third kappa shape index (κ3) is 2.14. The Morgan fingerprint density at radius 2 is 2.26 bits per heavy atom. The smallest absolute Gasteiger partial charge is 0.165 e. The van der Waals surface area contributed by atoms with Crippen molar-refractivity contribution in [3.8, 4) is 5.75 Å². The van der Waals surface area contributed by atoms with Crippen molar-refractivity contribution in [1.82, 2.24) is 0 Å². The molecule has 2 bridgehead atoms. The van der Waals surface area contributed by atoms with E-state index in [1.807, 2.05) is 6.07 Å². The highest BCUT2D eigenvalue weighted by molar-refractivity contribution is 5.30. The van der Waals surface area contributed by atoms with Gasteiger partial charge in [0.25, 0.3) is 0 Å². The predicted octanol–water partition coefficient (Wildman–Crippen LogP) is 3.14. The summed E-state index contributed by atoms with van der Waals surface area (Å²) in [5.41, 5.74) is 7.34. The predicted molar refractivity (Wildman–Crippen MR) is 73.6 cm³/mol. The third-order valence-corrected chi connectivity index (χ3v) is 5.28. The second-order valence-electron chi connectivity index (χ2n) is 6.29. The summed E-state index contributed by atoms with van der Waals surface area (Å²) in [5.74, 6) is 1.65. The van der Waals surface area contributed by atoms with Gasteiger partial charge in [-0.3, -0.25) is 0 Å². The van der Waals surface area contributed by atoms with E-state index >= 15 is 0 Å². The molecule has 0 heterocycles. The number of ether oxygens (including phenoxy) is 1. The summed E-state index contributed by atoms with van der Waals surface area (Å²) in [6.07, 6.45) is 6.13. The molecular formula is C16H22FNO. The largest absolute Gasteiger partial charge is 0.494 e. The highest BCUT2D eigenvalue weighted by Crippen LogP contribution is 2.56. The number of hydrogen-bond acceptors (Lipinski definition) is 2. The number of nitrogens with two attached hydrogens (primary N) is 1. The van der Waals surface area contributed by atoms with Gasteiger partial charge in [-0.15, -0.1) is 0 Å². The molecule has 0 aromatic heterocycles. The van der Waals surface area contributed by atoms with Crippen LogP contribution in [0.3, 0.4) is 0 Å². The molecule has 1 aromatic rings. The van der Waals surface area contributed by atoms with Crippen LogP contribution in [0, 0.1) is 23.1 Å². The van der Waals surface area contributed by atoms with E-state index in [4.69, 9.17) is 10.5 Å². The molecule has 3 rings (SSSR count). The molecule has 0 aliphatic heterocycles. The summed E-state index contributed by atoms with van der Waals surface area (Å²) in [6, 6.07) is 5.32. The summed E-state index contributed by atoms with van der Waals surface area (Å²) in [4.78, 5) is 0. The Kier molecular flexibility index (Phi) is 3.25. The van der Waals surface area contributed by atoms with E-state index in [-0.39, 0.29) is 11.2 Å². The van der Waals surface area contributed by atoms with Gasteiger partial charge in [0.15, 0.2) is 11.6 Å². The molecule has 1 aromatic carbocycles. The average molecular weight is 263 g/mol. The SMILES string of the molecule is COc1ccc(CC2(CN)CC3CCC2C3)cc1F. The van der Waals surface area contributed by atoms with Crippen LogP contribution in [0.15, 0.2) is 18.2 Å². The highest BCUT2D eigenvalue weighted by Gasteiger charge is 2.49. The molecule has 2 N–H and O–H groups in total. The van der Waals surface area contributed by atoms with E-state index in [1.165, 1.54) is 32.8 Å². The van der Waals surface area contributed by atoms with Crippen molar-refractivity contribution >= 4 is 0 Å². The quantitative estimate of drug-likeness (QED) is 0.905. The van der Waals surface area contributed by atoms with Gasteiger partial charge in [-0.05, 0) is 67.2 Å². The van der Waals surface area contributed by atoms with Crippen LogP contribution in [0.1, 0.15) is 31.2 Å². The number of fused-ring (bicyclic) bond motifs is 2. The lowest BCUT2D eigenvalue weighted by molar-refractivity contribution is 0.171. The molecule has 0 spiro atoms. The van der Waals surface area contributed by atoms with E-state index < -0.39 is 0 Å². The molecule has 3 atom stereocenters. The monoisotopic (exact) mass is 263 g/mol. The Labute approximate surface area is 114 Å². The minimum absolute atomic E-state index is 0.212. The molecule has 19 heavy (non-hydrogen) atoms. The third-order valence-electron chi connectivity index (χ3n) is 5.28. The van der Waals surface area contributed by atoms with Crippen LogP contribution >= 0.6 is 0 Å². The lowest BCUT2D eigenvalue weighted by Gasteiger charge is -2.37. The molecule has 0 radical (unpaired) electrons. The van der Waals surface area contributed by atoms with Crippen LogP contribution in [-0.2, 0) is 6.42 Å². The van der Waals surface area contributed by atoms with Crippen LogP contribution in [0.5, 0.6) is 5.75 Å². The Morgan fingerprint density at radius 3 is 2.79 bits per heavy atom. The van der Waals surface area contributed by atoms with E-state index in [0.29, 0.717) is 5.75 Å². The van der Waals surface area contributed by atoms with Gasteiger partial charge < -0.3 is 10.5 Å². The fraction of sp³-hybridized carbons (Fsp3) is 0.625. The number of benzene rings is 1. The first kappa shape index (κ1) is 12.9. The summed E-state index contributed by atoms with van der Waals surface area (Å²) in [7, 11) is 1.50. The Balaban J connectivity index is 1.82. The fourth-order valence-corrected chi connectivity index (χ4v) is 4.32. The minimum atomic E-state index is -0.268. The summed E-state index contributed by atoms with van der Waals surface area (Å²) in [6.45, 7) is 0.724. The van der Waals surface area contributed by atoms with Crippen LogP contribution in [0.25, 0.3) is 0 Å². The fourth-order valence-electron chi connectivity index (χ4n) is 4.32. The molecule has 3 heteroatoms. The molecule has 2 aliphatic rings. The molecular weight excluding hydrogens is 241 g/mol. The van der Waals surface area contributed by atoms with Crippen LogP contribution in [0.2, 0.25) is 0 Å². The van der Waals surface area contributed by atoms with E-state index in [9.17, 15) is 4.39 Å². The first-order valence-corrected chi connectivity index (χ1v) is 7.19. The van der Waals surface area contributed by atoms with E-state index in [0.717, 1.165) is 30.4 Å². The molecule has 2 saturated carbocycles. The number of rotatable bonds is 4. The van der Waals surface area contributed by atoms with Crippen molar-refractivity contribution in [3.63, 3.8) is 0 Å². The Morgan fingerprint density at radius 1 is 1.42 bits per heavy atom. The van der Waals surface area contributed by atoms with Gasteiger partial charge in [0.2, 0.25) is 0 Å². The molecule has 3 unspecified atom stereocenters. The number of methoxy groups -OCH3 is 1. The van der Waals surface area contributed by atoms with Gasteiger partial charge in [0, 0.05) is 0 Å². The van der Waals surface area contributed by atoms with Gasteiger partial charge in [0.05, 0.1) is 7.11 Å². The van der Waals surface area contributed by atoms with Gasteiger partial charge in [-0.2, -0.15) is 0 Å². The lowest BCUT2D eigenvalue weighted by atomic mass is 9.69. The topological polar surface area (TPSA) is 35.2 Å². The molecule has 0 amide bonds. The van der Waals surface area contributed by atoms with Crippen LogP contribution in [0.4, 0.5) is 4.39 Å². The summed E-state index contributed by atoms with van der Waals surface area (Å²) < 4.78 is 18.8. The van der Waals surface area contributed by atoms with Crippen molar-refractivity contribution in [1.29, 1.82) is 0 Å². The van der Waals surface area contributed by atoms with Crippen molar-refractivity contribution in [3.05, 3.63) is 29.6 Å². The zero-order chi connectivity index (χ0) is 13.5. The van der Waals surface area contributed by atoms with Crippen molar-refractivity contribution in [2.45, 2.75) is 32.1 Å². The zero-order valence-corrected chi connectivity index (χ0v) is 11.5. The molecule has 2 fully saturated rings. The van der Waals surface area contributed by atoms with Gasteiger partial charge in [-0.1, -0.05) is 12.5 Å². The summed E-state index contributed by atoms with van der Waals surface area (Å²) in [5, 5.41) is 0. The Hall–Kier alpha value is -1.09. The maximum Gasteiger partial charge on any atom is 0.165 e. The standard InChI is InChI=1S/C16H22FNO/c1-19-15-5-3-12(7-14(15)17)9-16(10-18)8-11-2-4-13(16)6-11/h3,5,7,11,13H,2,4,6,8-10,18H2,1H3. The number of hydrogen-bond donors (Lipinski definition) is 1. The first-order valence-electron chi connectivity index (χ1n) is 7.19. The zero-order valence-electron chi connectivity index (χ0n) is 11.5. The second-order valence-corrected chi connectivity index (χ2v) is 6.29. The van der Waals surface area contributed by atoms with Crippen LogP contribution < -0.4 is 10.5 Å². The average Bonchev–Trinajstić information content (AvgIpc) is 3.00. The molecule has 2 nitrogen and oxygen atoms in total. The van der Waals surface area contributed by atoms with E-state index in [1.54, 1.807) is 12.1 Å². The maximum atomic E-state index is 13.8. The molecule has 0 saturated heterocycles. The minimum Gasteiger partial charge on any atom is -0.494 e. The van der Waals surface area contributed by atoms with Gasteiger partial charge in [-0.25, -0.2) is 4.39 Å². The lowest BCUT2D eigenvalue weighted by Crippen LogP contribution is -2.37. The normalized spacial score (nSPS) is 32.8. The molecule has 2 aliphatic carbocycles. The highest BCUT2D eigenvalue weighted by atomic mass is 19.1. The van der Waals surface area contributed by atoms with Crippen molar-refractivity contribution in [2.24, 2.45) is 23.0 Å². The number of halogens is 1. The van der Waals surface area contributed by atoms with Crippen molar-refractivity contribution in [2.75, 3.05) is 13.7 Å². The second kappa shape index (κ2) is 4.78. The van der Waals surface area contributed by atoms with Gasteiger partial charge in [0.1, 0.15) is 0 Å². The molecule has 104 valence electrons.